The zero-order valence-corrected chi connectivity index (χ0v) is 15.6. The highest BCUT2D eigenvalue weighted by Gasteiger charge is 2.28. The molecule has 0 radical (unpaired) electrons. The number of rotatable bonds is 3. The lowest BCUT2D eigenvalue weighted by Crippen LogP contribution is -2.44. The summed E-state index contributed by atoms with van der Waals surface area (Å²) in [5, 5.41) is 5.35. The lowest BCUT2D eigenvalue weighted by Gasteiger charge is -2.29. The van der Waals surface area contributed by atoms with Crippen LogP contribution >= 0.6 is 0 Å². The van der Waals surface area contributed by atoms with Crippen LogP contribution in [-0.2, 0) is 9.59 Å². The summed E-state index contributed by atoms with van der Waals surface area (Å²) in [7, 11) is 0. The van der Waals surface area contributed by atoms with Crippen LogP contribution in [0.25, 0.3) is 5.78 Å². The molecule has 144 valence electrons. The highest BCUT2D eigenvalue weighted by Crippen LogP contribution is 2.32. The number of benzene rings is 1. The molecule has 10 heteroatoms. The molecule has 1 aliphatic heterocycles. The van der Waals surface area contributed by atoms with E-state index in [2.05, 4.69) is 20.4 Å². The van der Waals surface area contributed by atoms with Gasteiger partial charge in [-0.05, 0) is 38.5 Å². The number of nitrogens with zero attached hydrogens (tertiary/aromatic N) is 4. The van der Waals surface area contributed by atoms with Gasteiger partial charge in [-0.3, -0.25) is 24.4 Å². The van der Waals surface area contributed by atoms with Crippen molar-refractivity contribution in [3.8, 4) is 5.75 Å². The fourth-order valence-corrected chi connectivity index (χ4v) is 3.08. The van der Waals surface area contributed by atoms with E-state index in [0.29, 0.717) is 23.0 Å². The SMILES string of the molecule is Cc1ccc2c(c1)N(CC(=O)Nc1c(C)nc3nc(C)[nH]n3c1=O)C(=O)CO2. The Labute approximate surface area is 159 Å². The van der Waals surface area contributed by atoms with Gasteiger partial charge in [0.25, 0.3) is 17.2 Å². The van der Waals surface area contributed by atoms with E-state index < -0.39 is 11.5 Å². The Bertz CT molecular complexity index is 1180. The minimum absolute atomic E-state index is 0.0383. The fourth-order valence-electron chi connectivity index (χ4n) is 3.08. The molecule has 1 aliphatic rings. The molecule has 3 aromatic rings. The smallest absolute Gasteiger partial charge is 0.298 e. The van der Waals surface area contributed by atoms with Crippen molar-refractivity contribution in [2.45, 2.75) is 20.8 Å². The first-order chi connectivity index (χ1) is 13.3. The van der Waals surface area contributed by atoms with Crippen molar-refractivity contribution in [3.05, 3.63) is 45.6 Å². The van der Waals surface area contributed by atoms with Crippen molar-refractivity contribution in [3.63, 3.8) is 0 Å². The number of aromatic amines is 1. The first-order valence-corrected chi connectivity index (χ1v) is 8.63. The van der Waals surface area contributed by atoms with E-state index in [1.165, 1.54) is 4.90 Å². The Balaban J connectivity index is 1.62. The van der Waals surface area contributed by atoms with Gasteiger partial charge in [0.1, 0.15) is 23.8 Å². The summed E-state index contributed by atoms with van der Waals surface area (Å²) < 4.78 is 6.58. The molecule has 0 aliphatic carbocycles. The second kappa shape index (κ2) is 6.48. The van der Waals surface area contributed by atoms with Crippen LogP contribution in [0.3, 0.4) is 0 Å². The van der Waals surface area contributed by atoms with Crippen molar-refractivity contribution in [1.29, 1.82) is 0 Å². The molecular weight excluding hydrogens is 364 g/mol. The van der Waals surface area contributed by atoms with E-state index in [-0.39, 0.29) is 30.5 Å². The summed E-state index contributed by atoms with van der Waals surface area (Å²) in [5.74, 6) is 0.440. The van der Waals surface area contributed by atoms with E-state index in [4.69, 9.17) is 4.74 Å². The molecule has 1 aromatic carbocycles. The number of carbonyl (C=O) groups is 2. The van der Waals surface area contributed by atoms with Crippen molar-refractivity contribution < 1.29 is 14.3 Å². The molecule has 0 fully saturated rings. The van der Waals surface area contributed by atoms with Crippen molar-refractivity contribution in [2.75, 3.05) is 23.4 Å². The average Bonchev–Trinajstić information content (AvgIpc) is 3.01. The molecule has 0 bridgehead atoms. The van der Waals surface area contributed by atoms with Gasteiger partial charge in [-0.2, -0.15) is 9.50 Å². The van der Waals surface area contributed by atoms with E-state index in [1.807, 2.05) is 13.0 Å². The van der Waals surface area contributed by atoms with Crippen LogP contribution in [0.1, 0.15) is 17.1 Å². The van der Waals surface area contributed by atoms with E-state index in [9.17, 15) is 14.4 Å². The molecule has 0 atom stereocenters. The van der Waals surface area contributed by atoms with Gasteiger partial charge in [0.05, 0.1) is 11.4 Å². The lowest BCUT2D eigenvalue weighted by molar-refractivity contribution is -0.123. The second-order valence-corrected chi connectivity index (χ2v) is 6.61. The number of hydrogen-bond donors (Lipinski definition) is 2. The van der Waals surface area contributed by atoms with Gasteiger partial charge < -0.3 is 10.1 Å². The lowest BCUT2D eigenvalue weighted by atomic mass is 10.1. The second-order valence-electron chi connectivity index (χ2n) is 6.61. The Morgan fingerprint density at radius 1 is 1.25 bits per heavy atom. The summed E-state index contributed by atoms with van der Waals surface area (Å²) >= 11 is 0. The van der Waals surface area contributed by atoms with Crippen LogP contribution in [0.4, 0.5) is 11.4 Å². The summed E-state index contributed by atoms with van der Waals surface area (Å²) in [6, 6.07) is 5.40. The van der Waals surface area contributed by atoms with Crippen LogP contribution in [-0.4, -0.2) is 44.5 Å². The van der Waals surface area contributed by atoms with Gasteiger partial charge >= 0.3 is 0 Å². The van der Waals surface area contributed by atoms with Crippen molar-refractivity contribution in [2.24, 2.45) is 0 Å². The van der Waals surface area contributed by atoms with Crippen molar-refractivity contribution >= 4 is 29.0 Å². The zero-order chi connectivity index (χ0) is 20.0. The third kappa shape index (κ3) is 2.98. The first-order valence-electron chi connectivity index (χ1n) is 8.63. The minimum atomic E-state index is -0.513. The number of aryl methyl sites for hydroxylation is 3. The van der Waals surface area contributed by atoms with Crippen LogP contribution in [0.2, 0.25) is 0 Å². The van der Waals surface area contributed by atoms with Crippen molar-refractivity contribution in [1.82, 2.24) is 19.6 Å². The van der Waals surface area contributed by atoms with E-state index in [0.717, 1.165) is 10.1 Å². The Kier molecular flexibility index (Phi) is 4.10. The molecule has 0 unspecified atom stereocenters. The molecule has 2 N–H and O–H groups in total. The van der Waals surface area contributed by atoms with E-state index in [1.54, 1.807) is 26.0 Å². The molecule has 2 aromatic heterocycles. The average molecular weight is 382 g/mol. The fraction of sp³-hybridized carbons (Fsp3) is 0.278. The highest BCUT2D eigenvalue weighted by atomic mass is 16.5. The standard InChI is InChI=1S/C18H18N6O4/c1-9-4-5-13-12(6-9)23(15(26)8-28-13)7-14(25)21-16-10(2)19-18-20-11(3)22-24(18)17(16)27/h4-6H,7-8H2,1-3H3,(H,21,25)(H,19,20,22). The topological polar surface area (TPSA) is 122 Å². The largest absolute Gasteiger partial charge is 0.482 e. The van der Waals surface area contributed by atoms with E-state index >= 15 is 0 Å². The first kappa shape index (κ1) is 17.7. The van der Waals surface area contributed by atoms with Gasteiger partial charge in [0, 0.05) is 0 Å². The van der Waals surface area contributed by atoms with Crippen LogP contribution in [0.15, 0.2) is 23.0 Å². The number of ether oxygens (including phenoxy) is 1. The van der Waals surface area contributed by atoms with Crippen LogP contribution < -0.4 is 20.5 Å². The third-order valence-electron chi connectivity index (χ3n) is 4.41. The minimum Gasteiger partial charge on any atom is -0.482 e. The van der Waals surface area contributed by atoms with Gasteiger partial charge in [0.15, 0.2) is 6.61 Å². The van der Waals surface area contributed by atoms with Gasteiger partial charge in [-0.15, -0.1) is 0 Å². The number of nitrogens with one attached hydrogen (secondary N) is 2. The van der Waals surface area contributed by atoms with Crippen LogP contribution in [0.5, 0.6) is 5.75 Å². The highest BCUT2D eigenvalue weighted by molar-refractivity contribution is 6.05. The molecule has 0 saturated carbocycles. The molecule has 0 spiro atoms. The quantitative estimate of drug-likeness (QED) is 0.688. The predicted octanol–water partition coefficient (Wildman–Crippen LogP) is 0.707. The maximum Gasteiger partial charge on any atom is 0.298 e. The summed E-state index contributed by atoms with van der Waals surface area (Å²) in [4.78, 5) is 47.2. The summed E-state index contributed by atoms with van der Waals surface area (Å²) in [5.41, 5.74) is 1.37. The Morgan fingerprint density at radius 2 is 2.04 bits per heavy atom. The number of fused-ring (bicyclic) bond motifs is 2. The summed E-state index contributed by atoms with van der Waals surface area (Å²) in [6.45, 7) is 4.80. The zero-order valence-electron chi connectivity index (χ0n) is 15.6. The van der Waals surface area contributed by atoms with Gasteiger partial charge in [0.2, 0.25) is 5.91 Å². The van der Waals surface area contributed by atoms with Gasteiger partial charge in [-0.1, -0.05) is 6.07 Å². The maximum absolute atomic E-state index is 12.6. The van der Waals surface area contributed by atoms with Gasteiger partial charge in [-0.25, -0.2) is 4.98 Å². The molecule has 28 heavy (non-hydrogen) atoms. The predicted molar refractivity (Wildman–Crippen MR) is 101 cm³/mol. The molecule has 10 nitrogen and oxygen atoms in total. The number of aromatic nitrogens is 4. The molecule has 2 amide bonds. The van der Waals surface area contributed by atoms with Crippen LogP contribution in [0, 0.1) is 20.8 Å². The molecule has 4 rings (SSSR count). The number of carbonyl (C=O) groups excluding carboxylic acids is 2. The Morgan fingerprint density at radius 3 is 2.82 bits per heavy atom. The normalized spacial score (nSPS) is 13.4. The maximum atomic E-state index is 12.6. The number of anilines is 2. The number of amides is 2. The number of H-pyrrole nitrogens is 1. The monoisotopic (exact) mass is 382 g/mol. The molecule has 3 heterocycles. The number of hydrogen-bond acceptors (Lipinski definition) is 6. The molecular formula is C18H18N6O4. The summed E-state index contributed by atoms with van der Waals surface area (Å²) in [6.07, 6.45) is 0. The third-order valence-corrected chi connectivity index (χ3v) is 4.41. The molecule has 0 saturated heterocycles. The Hall–Kier alpha value is -3.69.